The van der Waals surface area contributed by atoms with Gasteiger partial charge in [0.2, 0.25) is 0 Å². The van der Waals surface area contributed by atoms with Crippen molar-refractivity contribution in [2.45, 2.75) is 0 Å². The Morgan fingerprint density at radius 1 is 1.64 bits per heavy atom. The van der Waals surface area contributed by atoms with E-state index in [9.17, 15) is 5.11 Å². The smallest absolute Gasteiger partial charge is 0.142 e. The summed E-state index contributed by atoms with van der Waals surface area (Å²) in [6.45, 7) is 0. The summed E-state index contributed by atoms with van der Waals surface area (Å²) in [4.78, 5) is 3.90. The monoisotopic (exact) mass is 214 g/mol. The van der Waals surface area contributed by atoms with Gasteiger partial charge in [0.05, 0.1) is 0 Å². The van der Waals surface area contributed by atoms with E-state index in [4.69, 9.17) is 5.73 Å². The van der Waals surface area contributed by atoms with Gasteiger partial charge >= 0.3 is 0 Å². The Balaban J connectivity index is 3.09. The molecule has 0 saturated heterocycles. The second kappa shape index (κ2) is 3.39. The number of nitrogens with two attached hydrogens (primary N) is 1. The minimum Gasteiger partial charge on any atom is -0.506 e. The Hall–Kier alpha value is -1.03. The van der Waals surface area contributed by atoms with E-state index in [1.807, 2.05) is 0 Å². The van der Waals surface area contributed by atoms with Gasteiger partial charge in [-0.25, -0.2) is 0 Å². The molecule has 4 heteroatoms. The molecule has 0 aliphatic heterocycles. The average Bonchev–Trinajstić information content (AvgIpc) is 1.95. The van der Waals surface area contributed by atoms with Crippen molar-refractivity contribution in [3.05, 3.63) is 28.6 Å². The van der Waals surface area contributed by atoms with Crippen LogP contribution in [0.3, 0.4) is 0 Å². The van der Waals surface area contributed by atoms with E-state index >= 15 is 0 Å². The lowest BCUT2D eigenvalue weighted by molar-refractivity contribution is 0.470. The molecule has 0 unspecified atom stereocenters. The normalized spacial score (nSPS) is 10.6. The summed E-state index contributed by atoms with van der Waals surface area (Å²) in [7, 11) is 0. The van der Waals surface area contributed by atoms with Crippen LogP contribution in [0, 0.1) is 0 Å². The highest BCUT2D eigenvalue weighted by Gasteiger charge is 1.97. The molecule has 3 nitrogen and oxygen atoms in total. The van der Waals surface area contributed by atoms with E-state index in [2.05, 4.69) is 20.9 Å². The molecular weight excluding hydrogens is 208 g/mol. The van der Waals surface area contributed by atoms with E-state index in [-0.39, 0.29) is 5.75 Å². The molecule has 1 rings (SSSR count). The van der Waals surface area contributed by atoms with Crippen molar-refractivity contribution >= 4 is 22.0 Å². The summed E-state index contributed by atoms with van der Waals surface area (Å²) in [6.07, 6.45) is 4.45. The number of nitrogens with zero attached hydrogens (tertiary/aromatic N) is 1. The third-order valence-electron chi connectivity index (χ3n) is 1.12. The summed E-state index contributed by atoms with van der Waals surface area (Å²) in [5.74, 6) is 0.112. The maximum atomic E-state index is 9.22. The van der Waals surface area contributed by atoms with E-state index in [0.717, 1.165) is 4.47 Å². The van der Waals surface area contributed by atoms with Crippen LogP contribution >= 0.6 is 15.9 Å². The summed E-state index contributed by atoms with van der Waals surface area (Å²) >= 11 is 3.17. The fraction of sp³-hybridized carbons (Fsp3) is 0. The third-order valence-corrected chi connectivity index (χ3v) is 1.55. The first-order chi connectivity index (χ1) is 5.24. The fourth-order valence-corrected chi connectivity index (χ4v) is 0.978. The van der Waals surface area contributed by atoms with Gasteiger partial charge in [0.15, 0.2) is 0 Å². The van der Waals surface area contributed by atoms with Gasteiger partial charge in [-0.05, 0) is 34.3 Å². The predicted octanol–water partition coefficient (Wildman–Crippen LogP) is 1.48. The molecule has 0 bridgehead atoms. The standard InChI is InChI=1S/C7H7BrN2O/c8-5-3-7(11)6(1-2-9)10-4-5/h1-4,11H,9H2. The fourth-order valence-electron chi connectivity index (χ4n) is 0.659. The Bertz CT molecular complexity index is 286. The van der Waals surface area contributed by atoms with Crippen LogP contribution in [0.15, 0.2) is 22.9 Å². The maximum absolute atomic E-state index is 9.22. The van der Waals surface area contributed by atoms with Gasteiger partial charge in [-0.15, -0.1) is 0 Å². The summed E-state index contributed by atoms with van der Waals surface area (Å²) in [6, 6.07) is 1.56. The lowest BCUT2D eigenvalue weighted by Crippen LogP contribution is -1.83. The average molecular weight is 215 g/mol. The second-order valence-electron chi connectivity index (χ2n) is 1.92. The molecule has 3 N–H and O–H groups in total. The largest absolute Gasteiger partial charge is 0.506 e. The molecule has 11 heavy (non-hydrogen) atoms. The molecule has 0 aliphatic carbocycles. The third kappa shape index (κ3) is 1.94. The van der Waals surface area contributed by atoms with Crippen LogP contribution in [0.1, 0.15) is 5.69 Å². The quantitative estimate of drug-likeness (QED) is 0.745. The molecule has 0 radical (unpaired) electrons. The molecule has 0 spiro atoms. The zero-order chi connectivity index (χ0) is 8.27. The minimum atomic E-state index is 0.112. The van der Waals surface area contributed by atoms with E-state index in [1.165, 1.54) is 12.3 Å². The first-order valence-corrected chi connectivity index (χ1v) is 3.76. The molecule has 0 amide bonds. The van der Waals surface area contributed by atoms with Gasteiger partial charge in [0.25, 0.3) is 0 Å². The van der Waals surface area contributed by atoms with Crippen molar-refractivity contribution < 1.29 is 5.11 Å². The maximum Gasteiger partial charge on any atom is 0.142 e. The number of halogens is 1. The molecule has 0 atom stereocenters. The predicted molar refractivity (Wildman–Crippen MR) is 46.8 cm³/mol. The molecule has 1 aromatic heterocycles. The Kier molecular flexibility index (Phi) is 2.48. The van der Waals surface area contributed by atoms with Gasteiger partial charge in [0.1, 0.15) is 11.4 Å². The Labute approximate surface area is 72.7 Å². The number of aromatic hydroxyl groups is 1. The highest BCUT2D eigenvalue weighted by Crippen LogP contribution is 2.20. The number of hydrogen-bond acceptors (Lipinski definition) is 3. The summed E-state index contributed by atoms with van der Waals surface area (Å²) in [5.41, 5.74) is 5.59. The highest BCUT2D eigenvalue weighted by atomic mass is 79.9. The number of pyridine rings is 1. The van der Waals surface area contributed by atoms with Gasteiger partial charge in [-0.3, -0.25) is 4.98 Å². The van der Waals surface area contributed by atoms with Crippen molar-refractivity contribution in [2.24, 2.45) is 5.73 Å². The van der Waals surface area contributed by atoms with E-state index < -0.39 is 0 Å². The molecule has 1 aromatic rings. The van der Waals surface area contributed by atoms with Crippen molar-refractivity contribution in [1.82, 2.24) is 4.98 Å². The van der Waals surface area contributed by atoms with Gasteiger partial charge in [-0.2, -0.15) is 0 Å². The van der Waals surface area contributed by atoms with Crippen molar-refractivity contribution in [2.75, 3.05) is 0 Å². The van der Waals surface area contributed by atoms with Crippen LogP contribution in [-0.2, 0) is 0 Å². The zero-order valence-corrected chi connectivity index (χ0v) is 7.25. The second-order valence-corrected chi connectivity index (χ2v) is 2.83. The molecule has 0 fully saturated rings. The topological polar surface area (TPSA) is 59.1 Å². The first-order valence-electron chi connectivity index (χ1n) is 2.97. The SMILES string of the molecule is NC=Cc1ncc(Br)cc1O. The van der Waals surface area contributed by atoms with Crippen molar-refractivity contribution in [3.63, 3.8) is 0 Å². The highest BCUT2D eigenvalue weighted by molar-refractivity contribution is 9.10. The molecular formula is C7H7BrN2O. The Morgan fingerprint density at radius 2 is 2.36 bits per heavy atom. The van der Waals surface area contributed by atoms with Crippen LogP contribution in [0.25, 0.3) is 6.08 Å². The van der Waals surface area contributed by atoms with Crippen LogP contribution in [0.5, 0.6) is 5.75 Å². The number of rotatable bonds is 1. The van der Waals surface area contributed by atoms with Gasteiger partial charge < -0.3 is 10.8 Å². The molecule has 0 aliphatic rings. The van der Waals surface area contributed by atoms with Crippen LogP contribution in [0.2, 0.25) is 0 Å². The van der Waals surface area contributed by atoms with Crippen molar-refractivity contribution in [1.29, 1.82) is 0 Å². The minimum absolute atomic E-state index is 0.112. The van der Waals surface area contributed by atoms with Crippen LogP contribution in [0.4, 0.5) is 0 Å². The zero-order valence-electron chi connectivity index (χ0n) is 5.66. The number of aromatic nitrogens is 1. The lowest BCUT2D eigenvalue weighted by Gasteiger charge is -1.96. The van der Waals surface area contributed by atoms with Gasteiger partial charge in [0, 0.05) is 10.7 Å². The summed E-state index contributed by atoms with van der Waals surface area (Å²) < 4.78 is 0.740. The summed E-state index contributed by atoms with van der Waals surface area (Å²) in [5, 5.41) is 9.22. The molecule has 1 heterocycles. The lowest BCUT2D eigenvalue weighted by atomic mass is 10.3. The Morgan fingerprint density at radius 3 is 2.91 bits per heavy atom. The van der Waals surface area contributed by atoms with Crippen LogP contribution in [-0.4, -0.2) is 10.1 Å². The van der Waals surface area contributed by atoms with Crippen LogP contribution < -0.4 is 5.73 Å². The van der Waals surface area contributed by atoms with Crippen molar-refractivity contribution in [3.8, 4) is 5.75 Å². The first kappa shape index (κ1) is 8.07. The van der Waals surface area contributed by atoms with E-state index in [1.54, 1.807) is 12.3 Å². The molecule has 0 saturated carbocycles. The molecule has 58 valence electrons. The van der Waals surface area contributed by atoms with E-state index in [0.29, 0.717) is 5.69 Å². The number of hydrogen-bond donors (Lipinski definition) is 2. The molecule has 0 aromatic carbocycles. The van der Waals surface area contributed by atoms with Gasteiger partial charge in [-0.1, -0.05) is 0 Å².